The molecule has 6 nitrogen and oxygen atoms in total. The lowest BCUT2D eigenvalue weighted by molar-refractivity contribution is -0.137. The topological polar surface area (TPSA) is 83.7 Å². The quantitative estimate of drug-likeness (QED) is 0.494. The molecule has 1 heterocycles. The van der Waals surface area contributed by atoms with Crippen LogP contribution < -0.4 is 10.7 Å². The van der Waals surface area contributed by atoms with Gasteiger partial charge in [0.2, 0.25) is 0 Å². The molecule has 3 rings (SSSR count). The van der Waals surface area contributed by atoms with Crippen LogP contribution in [0.15, 0.2) is 76.4 Å². The van der Waals surface area contributed by atoms with Crippen molar-refractivity contribution in [3.8, 4) is 0 Å². The van der Waals surface area contributed by atoms with Gasteiger partial charge in [-0.15, -0.1) is 0 Å². The van der Waals surface area contributed by atoms with Crippen LogP contribution in [-0.4, -0.2) is 18.0 Å². The van der Waals surface area contributed by atoms with Crippen molar-refractivity contribution in [1.29, 1.82) is 0 Å². The molecule has 1 aromatic heterocycles. The summed E-state index contributed by atoms with van der Waals surface area (Å²) >= 11 is 0. The van der Waals surface area contributed by atoms with Crippen molar-refractivity contribution in [2.24, 2.45) is 5.10 Å². The average molecular weight is 401 g/mol. The van der Waals surface area contributed by atoms with E-state index in [0.717, 1.165) is 12.1 Å². The zero-order valence-corrected chi connectivity index (χ0v) is 14.7. The molecule has 0 spiro atoms. The van der Waals surface area contributed by atoms with E-state index in [1.165, 1.54) is 42.8 Å². The molecule has 0 aliphatic carbocycles. The van der Waals surface area contributed by atoms with Gasteiger partial charge >= 0.3 is 6.18 Å². The molecule has 0 bridgehead atoms. The number of carbonyl (C=O) groups is 2. The van der Waals surface area contributed by atoms with Gasteiger partial charge in [-0.1, -0.05) is 24.3 Å². The van der Waals surface area contributed by atoms with Crippen molar-refractivity contribution in [3.05, 3.63) is 89.4 Å². The van der Waals surface area contributed by atoms with Crippen LogP contribution in [0.1, 0.15) is 32.0 Å². The van der Waals surface area contributed by atoms with Crippen LogP contribution in [0.4, 0.5) is 18.9 Å². The number of carbonyl (C=O) groups excluding carboxylic acids is 2. The molecule has 148 valence electrons. The number of alkyl halides is 3. The van der Waals surface area contributed by atoms with E-state index >= 15 is 0 Å². The van der Waals surface area contributed by atoms with Crippen LogP contribution >= 0.6 is 0 Å². The van der Waals surface area contributed by atoms with E-state index in [1.54, 1.807) is 18.2 Å². The van der Waals surface area contributed by atoms with Gasteiger partial charge in [0.05, 0.1) is 29.3 Å². The molecule has 0 saturated heterocycles. The summed E-state index contributed by atoms with van der Waals surface area (Å²) in [6, 6.07) is 13.6. The molecule has 2 amide bonds. The fourth-order valence-electron chi connectivity index (χ4n) is 2.37. The predicted molar refractivity (Wildman–Crippen MR) is 99.6 cm³/mol. The first-order chi connectivity index (χ1) is 13.8. The second-order valence-electron chi connectivity index (χ2n) is 5.80. The fourth-order valence-corrected chi connectivity index (χ4v) is 2.37. The largest absolute Gasteiger partial charge is 0.459 e. The normalized spacial score (nSPS) is 11.4. The van der Waals surface area contributed by atoms with E-state index in [9.17, 15) is 22.8 Å². The lowest BCUT2D eigenvalue weighted by Gasteiger charge is -2.09. The Morgan fingerprint density at radius 2 is 1.66 bits per heavy atom. The highest BCUT2D eigenvalue weighted by Crippen LogP contribution is 2.28. The third-order valence-corrected chi connectivity index (χ3v) is 3.78. The standard InChI is InChI=1S/C20H14F3N3O3/c21-20(22,23)14-9-7-13(8-10-14)12-24-26-18(27)15-4-1-2-5-16(15)25-19(28)17-6-3-11-29-17/h1-12H,(H,25,28)(H,26,27)/b24-12-. The Labute approximate surface area is 163 Å². The molecule has 0 saturated carbocycles. The first-order valence-corrected chi connectivity index (χ1v) is 8.29. The Bertz CT molecular complexity index is 1030. The second kappa shape index (κ2) is 8.42. The zero-order chi connectivity index (χ0) is 20.9. The minimum absolute atomic E-state index is 0.0838. The SMILES string of the molecule is O=C(Nc1ccccc1C(=O)N/N=C\c1ccc(C(F)(F)F)cc1)c1ccco1. The molecule has 0 aliphatic heterocycles. The number of nitrogens with zero attached hydrogens (tertiary/aromatic N) is 1. The number of hydrogen-bond acceptors (Lipinski definition) is 4. The van der Waals surface area contributed by atoms with Crippen molar-refractivity contribution in [1.82, 2.24) is 5.43 Å². The van der Waals surface area contributed by atoms with Crippen LogP contribution in [0.3, 0.4) is 0 Å². The Morgan fingerprint density at radius 3 is 2.31 bits per heavy atom. The van der Waals surface area contributed by atoms with Crippen LogP contribution in [0, 0.1) is 0 Å². The highest BCUT2D eigenvalue weighted by atomic mass is 19.4. The van der Waals surface area contributed by atoms with Gasteiger partial charge in [-0.05, 0) is 42.0 Å². The molecule has 0 unspecified atom stereocenters. The molecular formula is C20H14F3N3O3. The van der Waals surface area contributed by atoms with Gasteiger partial charge in [0, 0.05) is 0 Å². The van der Waals surface area contributed by atoms with Crippen molar-refractivity contribution < 1.29 is 27.2 Å². The predicted octanol–water partition coefficient (Wildman–Crippen LogP) is 4.31. The molecule has 0 atom stereocenters. The number of hydrazone groups is 1. The summed E-state index contributed by atoms with van der Waals surface area (Å²) in [4.78, 5) is 24.5. The monoisotopic (exact) mass is 401 g/mol. The molecule has 0 radical (unpaired) electrons. The summed E-state index contributed by atoms with van der Waals surface area (Å²) in [6.07, 6.45) is -1.86. The van der Waals surface area contributed by atoms with Crippen LogP contribution in [0.25, 0.3) is 0 Å². The number of amides is 2. The van der Waals surface area contributed by atoms with E-state index in [2.05, 4.69) is 15.8 Å². The first-order valence-electron chi connectivity index (χ1n) is 8.29. The van der Waals surface area contributed by atoms with E-state index in [4.69, 9.17) is 4.42 Å². The Balaban J connectivity index is 1.66. The van der Waals surface area contributed by atoms with Crippen molar-refractivity contribution in [3.63, 3.8) is 0 Å². The lowest BCUT2D eigenvalue weighted by Crippen LogP contribution is -2.21. The minimum atomic E-state index is -4.42. The minimum Gasteiger partial charge on any atom is -0.459 e. The zero-order valence-electron chi connectivity index (χ0n) is 14.7. The molecule has 2 N–H and O–H groups in total. The first kappa shape index (κ1) is 19.9. The Morgan fingerprint density at radius 1 is 0.931 bits per heavy atom. The maximum Gasteiger partial charge on any atom is 0.416 e. The molecular weight excluding hydrogens is 387 g/mol. The third-order valence-electron chi connectivity index (χ3n) is 3.78. The summed E-state index contributed by atoms with van der Waals surface area (Å²) in [5, 5.41) is 6.31. The van der Waals surface area contributed by atoms with Gasteiger partial charge < -0.3 is 9.73 Å². The molecule has 0 fully saturated rings. The van der Waals surface area contributed by atoms with Gasteiger partial charge in [0.15, 0.2) is 5.76 Å². The number of halogens is 3. The number of nitrogens with one attached hydrogen (secondary N) is 2. The third kappa shape index (κ3) is 5.10. The smallest absolute Gasteiger partial charge is 0.416 e. The Hall–Kier alpha value is -3.88. The number of para-hydroxylation sites is 1. The van der Waals surface area contributed by atoms with Crippen molar-refractivity contribution >= 4 is 23.7 Å². The van der Waals surface area contributed by atoms with Crippen molar-refractivity contribution in [2.45, 2.75) is 6.18 Å². The van der Waals surface area contributed by atoms with Gasteiger partial charge in [-0.25, -0.2) is 5.43 Å². The van der Waals surface area contributed by atoms with Gasteiger partial charge in [-0.2, -0.15) is 18.3 Å². The second-order valence-corrected chi connectivity index (χ2v) is 5.80. The molecule has 3 aromatic rings. The number of anilines is 1. The molecule has 2 aromatic carbocycles. The van der Waals surface area contributed by atoms with Crippen molar-refractivity contribution in [2.75, 3.05) is 5.32 Å². The average Bonchev–Trinajstić information content (AvgIpc) is 3.23. The van der Waals surface area contributed by atoms with Crippen LogP contribution in [0.5, 0.6) is 0 Å². The maximum atomic E-state index is 12.6. The Kier molecular flexibility index (Phi) is 5.77. The van der Waals surface area contributed by atoms with Crippen LogP contribution in [0.2, 0.25) is 0 Å². The lowest BCUT2D eigenvalue weighted by atomic mass is 10.1. The van der Waals surface area contributed by atoms with E-state index < -0.39 is 23.6 Å². The number of furan rings is 1. The summed E-state index contributed by atoms with van der Waals surface area (Å²) < 4.78 is 42.7. The highest BCUT2D eigenvalue weighted by molar-refractivity contribution is 6.07. The number of hydrogen-bond donors (Lipinski definition) is 2. The molecule has 0 aliphatic rings. The summed E-state index contributed by atoms with van der Waals surface area (Å²) in [6.45, 7) is 0. The molecule has 9 heteroatoms. The van der Waals surface area contributed by atoms with E-state index in [-0.39, 0.29) is 17.0 Å². The van der Waals surface area contributed by atoms with E-state index in [0.29, 0.717) is 5.56 Å². The van der Waals surface area contributed by atoms with Gasteiger partial charge in [0.1, 0.15) is 0 Å². The highest BCUT2D eigenvalue weighted by Gasteiger charge is 2.29. The summed E-state index contributed by atoms with van der Waals surface area (Å²) in [7, 11) is 0. The van der Waals surface area contributed by atoms with Crippen LogP contribution in [-0.2, 0) is 6.18 Å². The maximum absolute atomic E-state index is 12.6. The van der Waals surface area contributed by atoms with Gasteiger partial charge in [0.25, 0.3) is 11.8 Å². The summed E-state index contributed by atoms with van der Waals surface area (Å²) in [5.74, 6) is -1.05. The fraction of sp³-hybridized carbons (Fsp3) is 0.0500. The van der Waals surface area contributed by atoms with Gasteiger partial charge in [-0.3, -0.25) is 9.59 Å². The number of benzene rings is 2. The van der Waals surface area contributed by atoms with E-state index in [1.807, 2.05) is 0 Å². The molecule has 29 heavy (non-hydrogen) atoms. The number of rotatable bonds is 5. The summed E-state index contributed by atoms with van der Waals surface area (Å²) in [5.41, 5.74) is 2.27.